The van der Waals surface area contributed by atoms with E-state index in [1.807, 2.05) is 18.2 Å². The topological polar surface area (TPSA) is 86.9 Å². The van der Waals surface area contributed by atoms with Crippen LogP contribution in [0.15, 0.2) is 38.0 Å². The van der Waals surface area contributed by atoms with Gasteiger partial charge in [-0.1, -0.05) is 28.9 Å². The van der Waals surface area contributed by atoms with Crippen molar-refractivity contribution in [3.8, 4) is 11.5 Å². The molecule has 0 aliphatic heterocycles. The van der Waals surface area contributed by atoms with Crippen LogP contribution in [-0.4, -0.2) is 19.7 Å². The molecule has 4 rings (SSSR count). The SMILES string of the molecule is Cc1oc(-c2ccccc2Cl)nc1Cn1c(C)nc2onc(C)c2c1=O. The smallest absolute Gasteiger partial charge is 0.267 e. The van der Waals surface area contributed by atoms with E-state index in [1.165, 1.54) is 4.57 Å². The lowest BCUT2D eigenvalue weighted by Gasteiger charge is -2.07. The number of aromatic nitrogens is 4. The monoisotopic (exact) mass is 370 g/mol. The van der Waals surface area contributed by atoms with Crippen molar-refractivity contribution in [3.05, 3.63) is 62.6 Å². The quantitative estimate of drug-likeness (QED) is 0.547. The van der Waals surface area contributed by atoms with Crippen LogP contribution in [0.5, 0.6) is 0 Å². The third kappa shape index (κ3) is 2.61. The summed E-state index contributed by atoms with van der Waals surface area (Å²) >= 11 is 6.22. The Morgan fingerprint density at radius 2 is 1.92 bits per heavy atom. The lowest BCUT2D eigenvalue weighted by Crippen LogP contribution is -2.24. The molecule has 0 N–H and O–H groups in total. The zero-order valence-electron chi connectivity index (χ0n) is 14.4. The predicted octanol–water partition coefficient (Wildman–Crippen LogP) is 3.67. The Morgan fingerprint density at radius 1 is 1.15 bits per heavy atom. The normalized spacial score (nSPS) is 11.4. The van der Waals surface area contributed by atoms with Gasteiger partial charge in [-0.25, -0.2) is 4.98 Å². The number of fused-ring (bicyclic) bond motifs is 1. The lowest BCUT2D eigenvalue weighted by molar-refractivity contribution is 0.441. The Kier molecular flexibility index (Phi) is 3.88. The van der Waals surface area contributed by atoms with Gasteiger partial charge in [-0.15, -0.1) is 0 Å². The first kappa shape index (κ1) is 16.5. The molecule has 1 aromatic carbocycles. The van der Waals surface area contributed by atoms with E-state index in [9.17, 15) is 4.79 Å². The molecule has 0 aliphatic rings. The number of aryl methyl sites for hydroxylation is 3. The average molecular weight is 371 g/mol. The van der Waals surface area contributed by atoms with Crippen LogP contribution in [0.4, 0.5) is 0 Å². The van der Waals surface area contributed by atoms with Gasteiger partial charge in [-0.3, -0.25) is 9.36 Å². The summed E-state index contributed by atoms with van der Waals surface area (Å²) in [7, 11) is 0. The minimum Gasteiger partial charge on any atom is -0.441 e. The second-order valence-corrected chi connectivity index (χ2v) is 6.41. The number of benzene rings is 1. The molecule has 0 aliphatic carbocycles. The summed E-state index contributed by atoms with van der Waals surface area (Å²) < 4.78 is 12.4. The van der Waals surface area contributed by atoms with E-state index in [0.717, 1.165) is 0 Å². The van der Waals surface area contributed by atoms with Crippen molar-refractivity contribution >= 4 is 22.7 Å². The molecule has 26 heavy (non-hydrogen) atoms. The van der Waals surface area contributed by atoms with Crippen molar-refractivity contribution in [3.63, 3.8) is 0 Å². The van der Waals surface area contributed by atoms with E-state index in [4.69, 9.17) is 20.5 Å². The second-order valence-electron chi connectivity index (χ2n) is 6.00. The fourth-order valence-electron chi connectivity index (χ4n) is 2.83. The molecule has 4 aromatic rings. The lowest BCUT2D eigenvalue weighted by atomic mass is 10.2. The van der Waals surface area contributed by atoms with Crippen LogP contribution >= 0.6 is 11.6 Å². The fourth-order valence-corrected chi connectivity index (χ4v) is 3.05. The molecule has 0 unspecified atom stereocenters. The molecule has 3 aromatic heterocycles. The summed E-state index contributed by atoms with van der Waals surface area (Å²) in [5.41, 5.74) is 1.89. The number of hydrogen-bond donors (Lipinski definition) is 0. The maximum atomic E-state index is 12.8. The van der Waals surface area contributed by atoms with Crippen molar-refractivity contribution in [2.75, 3.05) is 0 Å². The standard InChI is InChI=1S/C18H15ClN4O3/c1-9-15-17(26-22-9)20-11(3)23(18(15)24)8-14-10(2)25-16(21-14)12-6-4-5-7-13(12)19/h4-7H,8H2,1-3H3. The molecule has 0 spiro atoms. The largest absolute Gasteiger partial charge is 0.441 e. The molecule has 0 fully saturated rings. The van der Waals surface area contributed by atoms with E-state index in [2.05, 4.69) is 15.1 Å². The summed E-state index contributed by atoms with van der Waals surface area (Å²) in [5.74, 6) is 1.55. The van der Waals surface area contributed by atoms with Crippen LogP contribution < -0.4 is 5.56 Å². The van der Waals surface area contributed by atoms with Crippen LogP contribution in [0.1, 0.15) is 23.0 Å². The minimum absolute atomic E-state index is 0.215. The molecule has 132 valence electrons. The molecule has 0 atom stereocenters. The molecule has 8 heteroatoms. The zero-order chi connectivity index (χ0) is 18.4. The molecular formula is C18H15ClN4O3. The van der Waals surface area contributed by atoms with Crippen molar-refractivity contribution in [2.24, 2.45) is 0 Å². The van der Waals surface area contributed by atoms with Crippen molar-refractivity contribution in [2.45, 2.75) is 27.3 Å². The van der Waals surface area contributed by atoms with Crippen LogP contribution in [-0.2, 0) is 6.54 Å². The van der Waals surface area contributed by atoms with Crippen molar-refractivity contribution in [1.82, 2.24) is 19.7 Å². The Balaban J connectivity index is 1.79. The second kappa shape index (κ2) is 6.10. The Bertz CT molecular complexity index is 1190. The first-order valence-electron chi connectivity index (χ1n) is 8.00. The molecule has 0 bridgehead atoms. The molecule has 0 saturated carbocycles. The highest BCUT2D eigenvalue weighted by Gasteiger charge is 2.19. The van der Waals surface area contributed by atoms with Crippen molar-refractivity contribution in [1.29, 1.82) is 0 Å². The van der Waals surface area contributed by atoms with Gasteiger partial charge in [0.2, 0.25) is 5.89 Å². The maximum Gasteiger partial charge on any atom is 0.267 e. The van der Waals surface area contributed by atoms with E-state index < -0.39 is 0 Å². The summed E-state index contributed by atoms with van der Waals surface area (Å²) in [4.78, 5) is 21.7. The fraction of sp³-hybridized carbons (Fsp3) is 0.222. The van der Waals surface area contributed by atoms with Crippen LogP contribution in [0.3, 0.4) is 0 Å². The molecule has 7 nitrogen and oxygen atoms in total. The highest BCUT2D eigenvalue weighted by molar-refractivity contribution is 6.33. The number of nitrogens with zero attached hydrogens (tertiary/aromatic N) is 4. The Labute approximate surface area is 153 Å². The van der Waals surface area contributed by atoms with Crippen molar-refractivity contribution < 1.29 is 8.94 Å². The van der Waals surface area contributed by atoms with Crippen LogP contribution in [0, 0.1) is 20.8 Å². The summed E-state index contributed by atoms with van der Waals surface area (Å²) in [6.07, 6.45) is 0. The molecular weight excluding hydrogens is 356 g/mol. The van der Waals surface area contributed by atoms with Gasteiger partial charge in [0.05, 0.1) is 22.8 Å². The Hall–Kier alpha value is -2.93. The third-order valence-corrected chi connectivity index (χ3v) is 4.59. The van der Waals surface area contributed by atoms with Gasteiger partial charge in [-0.05, 0) is 32.9 Å². The third-order valence-electron chi connectivity index (χ3n) is 4.26. The van der Waals surface area contributed by atoms with Crippen LogP contribution in [0.2, 0.25) is 5.02 Å². The van der Waals surface area contributed by atoms with E-state index in [1.54, 1.807) is 26.8 Å². The van der Waals surface area contributed by atoms with Crippen LogP contribution in [0.25, 0.3) is 22.6 Å². The summed E-state index contributed by atoms with van der Waals surface area (Å²) in [6.45, 7) is 5.49. The maximum absolute atomic E-state index is 12.8. The van der Waals surface area contributed by atoms with Gasteiger partial charge < -0.3 is 8.94 Å². The summed E-state index contributed by atoms with van der Waals surface area (Å²) in [5, 5.41) is 4.75. The number of halogens is 1. The van der Waals surface area contributed by atoms with Gasteiger partial charge in [0, 0.05) is 0 Å². The van der Waals surface area contributed by atoms with E-state index in [-0.39, 0.29) is 17.8 Å². The molecule has 0 amide bonds. The van der Waals surface area contributed by atoms with Gasteiger partial charge in [-0.2, -0.15) is 4.98 Å². The highest BCUT2D eigenvalue weighted by atomic mass is 35.5. The number of hydrogen-bond acceptors (Lipinski definition) is 6. The van der Waals surface area contributed by atoms with E-state index >= 15 is 0 Å². The Morgan fingerprint density at radius 3 is 2.69 bits per heavy atom. The van der Waals surface area contributed by atoms with E-state index in [0.29, 0.717) is 44.8 Å². The van der Waals surface area contributed by atoms with Gasteiger partial charge in [0.25, 0.3) is 11.3 Å². The molecule has 0 radical (unpaired) electrons. The number of oxazole rings is 1. The molecule has 0 saturated heterocycles. The average Bonchev–Trinajstić information content (AvgIpc) is 3.15. The highest BCUT2D eigenvalue weighted by Crippen LogP contribution is 2.28. The van der Waals surface area contributed by atoms with Gasteiger partial charge >= 0.3 is 0 Å². The predicted molar refractivity (Wildman–Crippen MR) is 96.3 cm³/mol. The number of rotatable bonds is 3. The minimum atomic E-state index is -0.215. The first-order valence-corrected chi connectivity index (χ1v) is 8.38. The zero-order valence-corrected chi connectivity index (χ0v) is 15.2. The van der Waals surface area contributed by atoms with Gasteiger partial charge in [0.15, 0.2) is 0 Å². The molecule has 3 heterocycles. The first-order chi connectivity index (χ1) is 12.5. The summed E-state index contributed by atoms with van der Waals surface area (Å²) in [6, 6.07) is 7.31. The van der Waals surface area contributed by atoms with Gasteiger partial charge in [0.1, 0.15) is 22.7 Å².